The summed E-state index contributed by atoms with van der Waals surface area (Å²) in [5, 5.41) is 0. The maximum atomic E-state index is 12.4. The number of benzene rings is 2. The largest absolute Gasteiger partial charge is 0.494 e. The van der Waals surface area contributed by atoms with Gasteiger partial charge in [0.2, 0.25) is 6.79 Å². The summed E-state index contributed by atoms with van der Waals surface area (Å²) in [4.78, 5) is 23.4. The van der Waals surface area contributed by atoms with Crippen molar-refractivity contribution >= 4 is 11.9 Å². The maximum absolute atomic E-state index is 12.4. The third-order valence-corrected chi connectivity index (χ3v) is 3.65. The van der Waals surface area contributed by atoms with Gasteiger partial charge in [0.25, 0.3) is 0 Å². The molecule has 2 aromatic carbocycles. The fourth-order valence-corrected chi connectivity index (χ4v) is 2.32. The standard InChI is InChI=1S/C21H22O6/c1-5-20(22)26-13-25-19-9-7-16(11-14(19)3)21(23)27-17-8-10-18(24-6-2)15(4)12-17/h5,7-12H,1,6,13H2,2-4H3. The van der Waals surface area contributed by atoms with Crippen LogP contribution in [0.1, 0.15) is 28.4 Å². The van der Waals surface area contributed by atoms with Crippen LogP contribution in [0.5, 0.6) is 17.2 Å². The van der Waals surface area contributed by atoms with Crippen LogP contribution in [0.25, 0.3) is 0 Å². The zero-order chi connectivity index (χ0) is 19.8. The molecule has 27 heavy (non-hydrogen) atoms. The Labute approximate surface area is 158 Å². The zero-order valence-corrected chi connectivity index (χ0v) is 15.6. The highest BCUT2D eigenvalue weighted by Gasteiger charge is 2.12. The first-order valence-corrected chi connectivity index (χ1v) is 8.42. The molecule has 0 fully saturated rings. The van der Waals surface area contributed by atoms with Gasteiger partial charge in [-0.15, -0.1) is 0 Å². The number of esters is 2. The van der Waals surface area contributed by atoms with Gasteiger partial charge in [-0.25, -0.2) is 9.59 Å². The second kappa shape index (κ2) is 9.43. The quantitative estimate of drug-likeness (QED) is 0.303. The first-order chi connectivity index (χ1) is 12.9. The van der Waals surface area contributed by atoms with E-state index in [2.05, 4.69) is 6.58 Å². The number of rotatable bonds is 8. The van der Waals surface area contributed by atoms with Crippen molar-refractivity contribution in [2.45, 2.75) is 20.8 Å². The lowest BCUT2D eigenvalue weighted by atomic mass is 10.1. The summed E-state index contributed by atoms with van der Waals surface area (Å²) < 4.78 is 21.0. The Balaban J connectivity index is 2.02. The zero-order valence-electron chi connectivity index (χ0n) is 15.6. The lowest BCUT2D eigenvalue weighted by Crippen LogP contribution is -2.11. The van der Waals surface area contributed by atoms with E-state index in [0.717, 1.165) is 17.4 Å². The normalized spacial score (nSPS) is 10.0. The maximum Gasteiger partial charge on any atom is 0.343 e. The van der Waals surface area contributed by atoms with Gasteiger partial charge in [0.05, 0.1) is 12.2 Å². The fraction of sp³-hybridized carbons (Fsp3) is 0.238. The van der Waals surface area contributed by atoms with Crippen LogP contribution in [-0.2, 0) is 9.53 Å². The lowest BCUT2D eigenvalue weighted by molar-refractivity contribution is -0.144. The van der Waals surface area contributed by atoms with Crippen LogP contribution in [0.4, 0.5) is 0 Å². The van der Waals surface area contributed by atoms with Crippen LogP contribution in [0.2, 0.25) is 0 Å². The summed E-state index contributed by atoms with van der Waals surface area (Å²) in [6.07, 6.45) is 1.05. The number of hydrogen-bond acceptors (Lipinski definition) is 6. The molecule has 0 heterocycles. The first-order valence-electron chi connectivity index (χ1n) is 8.42. The molecule has 142 valence electrons. The van der Waals surface area contributed by atoms with Gasteiger partial charge in [0.1, 0.15) is 17.2 Å². The monoisotopic (exact) mass is 370 g/mol. The fourth-order valence-electron chi connectivity index (χ4n) is 2.32. The van der Waals surface area contributed by atoms with Crippen molar-refractivity contribution in [1.82, 2.24) is 0 Å². The highest BCUT2D eigenvalue weighted by molar-refractivity contribution is 5.91. The second-order valence-electron chi connectivity index (χ2n) is 5.66. The van der Waals surface area contributed by atoms with Crippen molar-refractivity contribution in [2.75, 3.05) is 13.4 Å². The number of hydrogen-bond donors (Lipinski definition) is 0. The molecule has 0 aliphatic heterocycles. The van der Waals surface area contributed by atoms with Crippen LogP contribution >= 0.6 is 0 Å². The van der Waals surface area contributed by atoms with Gasteiger partial charge in [-0.3, -0.25) is 0 Å². The Morgan fingerprint density at radius 2 is 1.67 bits per heavy atom. The van der Waals surface area contributed by atoms with Gasteiger partial charge in [-0.05, 0) is 68.3 Å². The first kappa shape index (κ1) is 20.0. The van der Waals surface area contributed by atoms with Crippen molar-refractivity contribution in [3.8, 4) is 17.2 Å². The van der Waals surface area contributed by atoms with Crippen LogP contribution in [0.15, 0.2) is 49.1 Å². The highest BCUT2D eigenvalue weighted by atomic mass is 16.7. The average molecular weight is 370 g/mol. The molecule has 0 aliphatic rings. The molecule has 0 N–H and O–H groups in total. The molecule has 6 nitrogen and oxygen atoms in total. The minimum atomic E-state index is -0.571. The van der Waals surface area contributed by atoms with Gasteiger partial charge >= 0.3 is 11.9 Å². The van der Waals surface area contributed by atoms with E-state index in [1.165, 1.54) is 0 Å². The molecular weight excluding hydrogens is 348 g/mol. The second-order valence-corrected chi connectivity index (χ2v) is 5.66. The lowest BCUT2D eigenvalue weighted by Gasteiger charge is -2.11. The molecule has 0 amide bonds. The Bertz CT molecular complexity index is 841. The van der Waals surface area contributed by atoms with Crippen molar-refractivity contribution in [2.24, 2.45) is 0 Å². The number of aryl methyl sites for hydroxylation is 2. The van der Waals surface area contributed by atoms with E-state index >= 15 is 0 Å². The molecule has 0 aliphatic carbocycles. The van der Waals surface area contributed by atoms with E-state index in [-0.39, 0.29) is 6.79 Å². The van der Waals surface area contributed by atoms with Gasteiger partial charge in [0.15, 0.2) is 0 Å². The minimum Gasteiger partial charge on any atom is -0.494 e. The Hall–Kier alpha value is -3.28. The minimum absolute atomic E-state index is 0.235. The number of carbonyl (C=O) groups excluding carboxylic acids is 2. The van der Waals surface area contributed by atoms with Crippen LogP contribution in [-0.4, -0.2) is 25.3 Å². The molecule has 0 spiro atoms. The molecule has 0 radical (unpaired) electrons. The topological polar surface area (TPSA) is 71.1 Å². The predicted octanol–water partition coefficient (Wildman–Crippen LogP) is 3.99. The van der Waals surface area contributed by atoms with Crippen LogP contribution in [0, 0.1) is 13.8 Å². The molecule has 0 atom stereocenters. The molecule has 2 aromatic rings. The summed E-state index contributed by atoms with van der Waals surface area (Å²) in [5.74, 6) is 0.646. The molecular formula is C21H22O6. The van der Waals surface area contributed by atoms with E-state index in [1.807, 2.05) is 13.8 Å². The van der Waals surface area contributed by atoms with Crippen LogP contribution < -0.4 is 14.2 Å². The molecule has 0 saturated heterocycles. The van der Waals surface area contributed by atoms with Gasteiger partial charge in [-0.2, -0.15) is 0 Å². The van der Waals surface area contributed by atoms with Gasteiger partial charge in [-0.1, -0.05) is 6.58 Å². The molecule has 0 bridgehead atoms. The summed E-state index contributed by atoms with van der Waals surface area (Å²) >= 11 is 0. The number of ether oxygens (including phenoxy) is 4. The summed E-state index contributed by atoms with van der Waals surface area (Å²) in [6, 6.07) is 10.1. The number of carbonyl (C=O) groups is 2. The Morgan fingerprint density at radius 1 is 1.00 bits per heavy atom. The third kappa shape index (κ3) is 5.60. The summed E-state index contributed by atoms with van der Waals surface area (Å²) in [7, 11) is 0. The molecule has 2 rings (SSSR count). The summed E-state index contributed by atoms with van der Waals surface area (Å²) in [6.45, 7) is 9.21. The smallest absolute Gasteiger partial charge is 0.343 e. The molecule has 0 unspecified atom stereocenters. The van der Waals surface area contributed by atoms with Crippen molar-refractivity contribution in [3.63, 3.8) is 0 Å². The molecule has 0 saturated carbocycles. The van der Waals surface area contributed by atoms with Gasteiger partial charge in [0, 0.05) is 6.08 Å². The van der Waals surface area contributed by atoms with E-state index in [0.29, 0.717) is 29.2 Å². The van der Waals surface area contributed by atoms with E-state index in [4.69, 9.17) is 18.9 Å². The molecule has 0 aromatic heterocycles. The van der Waals surface area contributed by atoms with Crippen molar-refractivity contribution < 1.29 is 28.5 Å². The van der Waals surface area contributed by atoms with Crippen LogP contribution in [0.3, 0.4) is 0 Å². The summed E-state index contributed by atoms with van der Waals surface area (Å²) in [5.41, 5.74) is 1.98. The van der Waals surface area contributed by atoms with E-state index in [9.17, 15) is 9.59 Å². The van der Waals surface area contributed by atoms with E-state index < -0.39 is 11.9 Å². The molecule has 6 heteroatoms. The predicted molar refractivity (Wildman–Crippen MR) is 100 cm³/mol. The third-order valence-electron chi connectivity index (χ3n) is 3.65. The Kier molecular flexibility index (Phi) is 7.00. The van der Waals surface area contributed by atoms with Gasteiger partial charge < -0.3 is 18.9 Å². The van der Waals surface area contributed by atoms with Crippen molar-refractivity contribution in [3.05, 3.63) is 65.7 Å². The Morgan fingerprint density at radius 3 is 2.30 bits per heavy atom. The average Bonchev–Trinajstić information content (AvgIpc) is 2.65. The highest BCUT2D eigenvalue weighted by Crippen LogP contribution is 2.25. The van der Waals surface area contributed by atoms with E-state index in [1.54, 1.807) is 43.3 Å². The van der Waals surface area contributed by atoms with Crippen molar-refractivity contribution in [1.29, 1.82) is 0 Å². The SMILES string of the molecule is C=CC(=O)OCOc1ccc(C(=O)Oc2ccc(OCC)c(C)c2)cc1C.